The minimum Gasteiger partial charge on any atom is -0.330 e. The minimum atomic E-state index is -0.272. The van der Waals surface area contributed by atoms with E-state index in [9.17, 15) is 9.18 Å². The molecule has 0 radical (unpaired) electrons. The van der Waals surface area contributed by atoms with Gasteiger partial charge in [0.15, 0.2) is 5.69 Å². The summed E-state index contributed by atoms with van der Waals surface area (Å²) in [6.45, 7) is 4.67. The molecular formula is C19H24FN5O. The molecule has 0 saturated carbocycles. The van der Waals surface area contributed by atoms with Crippen LogP contribution in [0.1, 0.15) is 54.3 Å². The molecule has 138 valence electrons. The van der Waals surface area contributed by atoms with Crippen LogP contribution >= 0.6 is 0 Å². The highest BCUT2D eigenvalue weighted by molar-refractivity contribution is 5.92. The van der Waals surface area contributed by atoms with Crippen LogP contribution in [-0.2, 0) is 0 Å². The van der Waals surface area contributed by atoms with Crippen molar-refractivity contribution in [3.05, 3.63) is 47.5 Å². The number of halogens is 1. The van der Waals surface area contributed by atoms with Crippen molar-refractivity contribution in [1.82, 2.24) is 25.2 Å². The van der Waals surface area contributed by atoms with Crippen molar-refractivity contribution < 1.29 is 9.18 Å². The lowest BCUT2D eigenvalue weighted by Gasteiger charge is -2.27. The summed E-state index contributed by atoms with van der Waals surface area (Å²) in [5.41, 5.74) is 1.22. The number of nitrogens with zero attached hydrogens (tertiary/aromatic N) is 4. The molecule has 2 fully saturated rings. The van der Waals surface area contributed by atoms with E-state index in [-0.39, 0.29) is 23.7 Å². The molecule has 2 aliphatic heterocycles. The molecule has 0 spiro atoms. The van der Waals surface area contributed by atoms with E-state index in [1.165, 1.54) is 12.1 Å². The fraction of sp³-hybridized carbons (Fsp3) is 0.526. The van der Waals surface area contributed by atoms with Crippen molar-refractivity contribution in [2.24, 2.45) is 5.92 Å². The van der Waals surface area contributed by atoms with E-state index in [0.29, 0.717) is 18.3 Å². The molecule has 1 amide bonds. The number of carbonyl (C=O) groups excluding carboxylic acids is 1. The first-order valence-corrected chi connectivity index (χ1v) is 9.32. The second kappa shape index (κ2) is 7.15. The van der Waals surface area contributed by atoms with Crippen molar-refractivity contribution in [2.45, 2.75) is 38.3 Å². The average molecular weight is 357 g/mol. The molecule has 26 heavy (non-hydrogen) atoms. The summed E-state index contributed by atoms with van der Waals surface area (Å²) in [7, 11) is 0. The van der Waals surface area contributed by atoms with Crippen molar-refractivity contribution in [1.29, 1.82) is 0 Å². The molecule has 0 aliphatic carbocycles. The van der Waals surface area contributed by atoms with Crippen LogP contribution < -0.4 is 5.32 Å². The van der Waals surface area contributed by atoms with Crippen LogP contribution in [-0.4, -0.2) is 45.4 Å². The van der Waals surface area contributed by atoms with Crippen LogP contribution in [0, 0.1) is 11.7 Å². The Hall–Kier alpha value is -2.28. The minimum absolute atomic E-state index is 0.121. The third-order valence-electron chi connectivity index (χ3n) is 5.56. The number of amides is 1. The van der Waals surface area contributed by atoms with Gasteiger partial charge in [0.25, 0.3) is 5.91 Å². The predicted octanol–water partition coefficient (Wildman–Crippen LogP) is 2.57. The van der Waals surface area contributed by atoms with Gasteiger partial charge in [0, 0.05) is 6.54 Å². The highest BCUT2D eigenvalue weighted by Gasteiger charge is 2.37. The Morgan fingerprint density at radius 2 is 2.08 bits per heavy atom. The van der Waals surface area contributed by atoms with E-state index in [0.717, 1.165) is 37.9 Å². The Morgan fingerprint density at radius 1 is 1.27 bits per heavy atom. The molecule has 0 unspecified atom stereocenters. The van der Waals surface area contributed by atoms with Gasteiger partial charge in [0.05, 0.1) is 18.3 Å². The maximum atomic E-state index is 13.7. The summed E-state index contributed by atoms with van der Waals surface area (Å²) in [6, 6.07) is 6.72. The van der Waals surface area contributed by atoms with E-state index < -0.39 is 0 Å². The van der Waals surface area contributed by atoms with E-state index in [4.69, 9.17) is 0 Å². The summed E-state index contributed by atoms with van der Waals surface area (Å²) < 4.78 is 15.5. The number of benzene rings is 1. The molecule has 2 atom stereocenters. The fourth-order valence-electron chi connectivity index (χ4n) is 4.15. The Labute approximate surface area is 152 Å². The lowest BCUT2D eigenvalue weighted by molar-refractivity contribution is 0.0714. The quantitative estimate of drug-likeness (QED) is 0.917. The molecule has 7 heteroatoms. The Morgan fingerprint density at radius 3 is 2.85 bits per heavy atom. The number of rotatable bonds is 3. The monoisotopic (exact) mass is 357 g/mol. The number of hydrogen-bond donors (Lipinski definition) is 1. The van der Waals surface area contributed by atoms with Crippen LogP contribution in [0.25, 0.3) is 0 Å². The normalized spacial score (nSPS) is 24.2. The zero-order valence-electron chi connectivity index (χ0n) is 14.9. The third-order valence-corrected chi connectivity index (χ3v) is 5.56. The molecule has 2 aliphatic rings. The summed E-state index contributed by atoms with van der Waals surface area (Å²) in [5.74, 6) is -0.116. The average Bonchev–Trinajstić information content (AvgIpc) is 3.29. The largest absolute Gasteiger partial charge is 0.330 e. The highest BCUT2D eigenvalue weighted by Crippen LogP contribution is 2.38. The van der Waals surface area contributed by atoms with E-state index in [1.54, 1.807) is 12.3 Å². The second-order valence-corrected chi connectivity index (χ2v) is 7.33. The van der Waals surface area contributed by atoms with E-state index in [2.05, 4.69) is 22.6 Å². The van der Waals surface area contributed by atoms with Gasteiger partial charge in [-0.15, -0.1) is 5.10 Å². The van der Waals surface area contributed by atoms with Crippen molar-refractivity contribution in [3.63, 3.8) is 0 Å². The molecule has 4 rings (SSSR count). The van der Waals surface area contributed by atoms with Crippen LogP contribution in [0.2, 0.25) is 0 Å². The first-order valence-electron chi connectivity index (χ1n) is 9.32. The first kappa shape index (κ1) is 17.1. The highest BCUT2D eigenvalue weighted by atomic mass is 19.1. The number of likely N-dealkylation sites (tertiary alicyclic amines) is 1. The molecule has 1 aromatic carbocycles. The van der Waals surface area contributed by atoms with Gasteiger partial charge in [-0.25, -0.2) is 9.07 Å². The molecule has 2 aromatic rings. The lowest BCUT2D eigenvalue weighted by Crippen LogP contribution is -2.32. The number of hydrogen-bond acceptors (Lipinski definition) is 4. The van der Waals surface area contributed by atoms with Crippen molar-refractivity contribution >= 4 is 5.91 Å². The van der Waals surface area contributed by atoms with Gasteiger partial charge in [-0.1, -0.05) is 24.3 Å². The zero-order valence-corrected chi connectivity index (χ0v) is 14.9. The topological polar surface area (TPSA) is 63.1 Å². The molecule has 1 aromatic heterocycles. The predicted molar refractivity (Wildman–Crippen MR) is 95.1 cm³/mol. The Kier molecular flexibility index (Phi) is 4.72. The summed E-state index contributed by atoms with van der Waals surface area (Å²) in [5, 5.41) is 11.7. The summed E-state index contributed by atoms with van der Waals surface area (Å²) >= 11 is 0. The van der Waals surface area contributed by atoms with Gasteiger partial charge in [0.2, 0.25) is 0 Å². The number of nitrogens with one attached hydrogen (secondary N) is 1. The zero-order chi connectivity index (χ0) is 18.1. The lowest BCUT2D eigenvalue weighted by atomic mass is 9.95. The van der Waals surface area contributed by atoms with Crippen LogP contribution in [0.4, 0.5) is 4.39 Å². The SMILES string of the molecule is C[C@H]1CCN(C(=O)c2cn(C3CCNCC3)nn2)[C@H]1c1cccc(F)c1. The maximum absolute atomic E-state index is 13.7. The first-order chi connectivity index (χ1) is 12.6. The Balaban J connectivity index is 1.56. The van der Waals surface area contributed by atoms with Gasteiger partial charge in [-0.3, -0.25) is 4.79 Å². The fourth-order valence-corrected chi connectivity index (χ4v) is 4.15. The second-order valence-electron chi connectivity index (χ2n) is 7.33. The van der Waals surface area contributed by atoms with Gasteiger partial charge in [0.1, 0.15) is 5.82 Å². The summed E-state index contributed by atoms with van der Waals surface area (Å²) in [4.78, 5) is 14.9. The molecular weight excluding hydrogens is 333 g/mol. The van der Waals surface area contributed by atoms with Crippen molar-refractivity contribution in [2.75, 3.05) is 19.6 Å². The van der Waals surface area contributed by atoms with Crippen LogP contribution in [0.5, 0.6) is 0 Å². The van der Waals surface area contributed by atoms with Gasteiger partial charge in [-0.05, 0) is 56.0 Å². The maximum Gasteiger partial charge on any atom is 0.276 e. The number of piperidine rings is 1. The molecule has 3 heterocycles. The molecule has 0 bridgehead atoms. The summed E-state index contributed by atoms with van der Waals surface area (Å²) in [6.07, 6.45) is 4.65. The van der Waals surface area contributed by atoms with Gasteiger partial charge < -0.3 is 10.2 Å². The van der Waals surface area contributed by atoms with Gasteiger partial charge >= 0.3 is 0 Å². The van der Waals surface area contributed by atoms with Crippen molar-refractivity contribution in [3.8, 4) is 0 Å². The third kappa shape index (κ3) is 3.23. The molecule has 2 saturated heterocycles. The van der Waals surface area contributed by atoms with Gasteiger partial charge in [-0.2, -0.15) is 0 Å². The van der Waals surface area contributed by atoms with E-state index in [1.807, 2.05) is 15.6 Å². The van der Waals surface area contributed by atoms with Crippen LogP contribution in [0.15, 0.2) is 30.5 Å². The molecule has 1 N–H and O–H groups in total. The standard InChI is InChI=1S/C19H24FN5O/c1-13-7-10-24(18(13)14-3-2-4-15(20)11-14)19(26)17-12-25(23-22-17)16-5-8-21-9-6-16/h2-4,11-13,16,18,21H,5-10H2,1H3/t13-,18+/m0/s1. The number of aromatic nitrogens is 3. The smallest absolute Gasteiger partial charge is 0.276 e. The number of carbonyl (C=O) groups is 1. The van der Waals surface area contributed by atoms with Crippen LogP contribution in [0.3, 0.4) is 0 Å². The molecule has 6 nitrogen and oxygen atoms in total. The van der Waals surface area contributed by atoms with E-state index >= 15 is 0 Å². The Bertz CT molecular complexity index is 786.